The highest BCUT2D eigenvalue weighted by Crippen LogP contribution is 2.50. The molecule has 0 unspecified atom stereocenters. The second-order valence-electron chi connectivity index (χ2n) is 20.3. The first kappa shape index (κ1) is 55.2. The van der Waals surface area contributed by atoms with Crippen LogP contribution in [0.2, 0.25) is 0 Å². The van der Waals surface area contributed by atoms with Crippen molar-refractivity contribution >= 4 is 45.8 Å². The molecule has 4 rings (SSSR count). The van der Waals surface area contributed by atoms with E-state index in [9.17, 15) is 37.2 Å². The van der Waals surface area contributed by atoms with Crippen molar-refractivity contribution in [2.24, 2.45) is 11.3 Å². The summed E-state index contributed by atoms with van der Waals surface area (Å²) in [5.74, 6) is -6.60. The second kappa shape index (κ2) is 23.3. The molecule has 2 aliphatic rings. The predicted molar refractivity (Wildman–Crippen MR) is 252 cm³/mol. The number of nitrogens with zero attached hydrogens (tertiary/aromatic N) is 2. The number of unbranched alkanes of at least 4 members (excludes halogenated alkanes) is 1. The van der Waals surface area contributed by atoms with Gasteiger partial charge in [-0.15, -0.1) is 0 Å². The quantitative estimate of drug-likeness (QED) is 0.115. The molecule has 0 aliphatic carbocycles. The van der Waals surface area contributed by atoms with E-state index in [1.807, 2.05) is 19.9 Å². The van der Waals surface area contributed by atoms with E-state index in [1.165, 1.54) is 0 Å². The average Bonchev–Trinajstić information content (AvgIpc) is 3.19. The van der Waals surface area contributed by atoms with Crippen molar-refractivity contribution in [2.45, 2.75) is 142 Å². The van der Waals surface area contributed by atoms with Gasteiger partial charge in [0.15, 0.2) is 0 Å². The van der Waals surface area contributed by atoms with Crippen LogP contribution in [0.5, 0.6) is 0 Å². The molecule has 20 heteroatoms. The maximum atomic E-state index is 15.9. The Balaban J connectivity index is 1.57. The van der Waals surface area contributed by atoms with Crippen molar-refractivity contribution in [3.8, 4) is 0 Å². The highest BCUT2D eigenvalue weighted by Gasteiger charge is 2.64. The fraction of sp³-hybridized carbons (Fsp3) is 0.625. The molecule has 378 valence electrons. The Bertz CT molecular complexity index is 2160. The topological polar surface area (TPSA) is 222 Å². The summed E-state index contributed by atoms with van der Waals surface area (Å²) in [6.45, 7) is 12.1. The number of alkyl halides is 2. The number of carbonyl (C=O) groups excluding carboxylic acids is 6. The molecule has 68 heavy (non-hydrogen) atoms. The molecule has 6 amide bonds. The first-order chi connectivity index (χ1) is 31.6. The summed E-state index contributed by atoms with van der Waals surface area (Å²) in [4.78, 5) is 83.4. The number of hydrogen-bond donors (Lipinski definition) is 5. The summed E-state index contributed by atoms with van der Waals surface area (Å²) >= 11 is 0. The zero-order valence-electron chi connectivity index (χ0n) is 40.8. The lowest BCUT2D eigenvalue weighted by molar-refractivity contribution is -0.210. The maximum Gasteiger partial charge on any atom is 0.408 e. The summed E-state index contributed by atoms with van der Waals surface area (Å²) in [7, 11) is -3.69. The number of ether oxygens (including phenoxy) is 2. The normalized spacial score (nSPS) is 17.7. The summed E-state index contributed by atoms with van der Waals surface area (Å²) in [6, 6.07) is 12.8. The first-order valence-corrected chi connectivity index (χ1v) is 25.0. The van der Waals surface area contributed by atoms with Crippen LogP contribution in [0.1, 0.15) is 98.6 Å². The Morgan fingerprint density at radius 3 is 1.63 bits per heavy atom. The molecule has 2 saturated heterocycles. The van der Waals surface area contributed by atoms with E-state index in [2.05, 4.69) is 26.6 Å². The molecule has 4 atom stereocenters. The van der Waals surface area contributed by atoms with Crippen LogP contribution in [0, 0.1) is 11.3 Å². The van der Waals surface area contributed by atoms with Gasteiger partial charge < -0.3 is 41.0 Å². The molecule has 2 aromatic carbocycles. The minimum absolute atomic E-state index is 0.00994. The lowest BCUT2D eigenvalue weighted by Crippen LogP contribution is -2.71. The van der Waals surface area contributed by atoms with Gasteiger partial charge in [-0.2, -0.15) is 0 Å². The summed E-state index contributed by atoms with van der Waals surface area (Å²) in [5, 5.41) is 13.6. The van der Waals surface area contributed by atoms with Gasteiger partial charge in [0, 0.05) is 39.0 Å². The zero-order chi connectivity index (χ0) is 50.7. The van der Waals surface area contributed by atoms with Crippen molar-refractivity contribution in [3.05, 3.63) is 71.8 Å². The molecule has 17 nitrogen and oxygen atoms in total. The van der Waals surface area contributed by atoms with Gasteiger partial charge >= 0.3 is 12.2 Å². The van der Waals surface area contributed by atoms with Gasteiger partial charge in [0.05, 0.1) is 18.2 Å². The molecular weight excluding hydrogens is 905 g/mol. The van der Waals surface area contributed by atoms with Gasteiger partial charge in [-0.05, 0) is 90.7 Å². The Kier molecular flexibility index (Phi) is 18.9. The third-order valence-electron chi connectivity index (χ3n) is 11.5. The second-order valence-corrected chi connectivity index (χ2v) is 22.3. The van der Waals surface area contributed by atoms with E-state index >= 15 is 8.78 Å². The molecule has 2 aliphatic heterocycles. The van der Waals surface area contributed by atoms with E-state index in [-0.39, 0.29) is 70.6 Å². The van der Waals surface area contributed by atoms with Gasteiger partial charge in [0.2, 0.25) is 33.7 Å². The Labute approximate surface area is 399 Å². The summed E-state index contributed by atoms with van der Waals surface area (Å²) in [6.07, 6.45) is 0.00866. The Morgan fingerprint density at radius 2 is 1.15 bits per heavy atom. The van der Waals surface area contributed by atoms with Gasteiger partial charge in [0.1, 0.15) is 35.4 Å². The molecule has 0 aromatic heterocycles. The highest BCUT2D eigenvalue weighted by molar-refractivity contribution is 7.88. The molecule has 0 bridgehead atoms. The number of benzene rings is 2. The van der Waals surface area contributed by atoms with E-state index in [1.54, 1.807) is 96.1 Å². The molecule has 0 radical (unpaired) electrons. The van der Waals surface area contributed by atoms with Gasteiger partial charge in [-0.1, -0.05) is 74.5 Å². The number of likely N-dealkylation sites (tertiary alicyclic amines) is 1. The van der Waals surface area contributed by atoms with E-state index in [4.69, 9.17) is 9.47 Å². The Hall–Kier alpha value is -5.37. The lowest BCUT2D eigenvalue weighted by Gasteiger charge is -2.56. The van der Waals surface area contributed by atoms with Gasteiger partial charge in [0.25, 0.3) is 5.92 Å². The van der Waals surface area contributed by atoms with Crippen molar-refractivity contribution in [1.82, 2.24) is 35.8 Å². The fourth-order valence-electron chi connectivity index (χ4n) is 8.00. The number of amides is 6. The van der Waals surface area contributed by atoms with Crippen molar-refractivity contribution in [1.29, 1.82) is 0 Å². The number of sulfonamides is 1. The van der Waals surface area contributed by atoms with Crippen LogP contribution in [0.4, 0.5) is 18.4 Å². The van der Waals surface area contributed by atoms with Crippen molar-refractivity contribution in [3.63, 3.8) is 0 Å². The van der Waals surface area contributed by atoms with Crippen molar-refractivity contribution in [2.75, 3.05) is 39.0 Å². The van der Waals surface area contributed by atoms with E-state index in [0.717, 1.165) is 21.0 Å². The lowest BCUT2D eigenvalue weighted by atomic mass is 9.70. The molecule has 1 spiro atoms. The molecule has 5 N–H and O–H groups in total. The van der Waals surface area contributed by atoms with E-state index in [0.29, 0.717) is 12.0 Å². The minimum atomic E-state index is -3.69. The number of hydrogen-bond acceptors (Lipinski definition) is 10. The minimum Gasteiger partial charge on any atom is -0.444 e. The van der Waals surface area contributed by atoms with Crippen LogP contribution < -0.4 is 26.6 Å². The number of nitrogens with one attached hydrogen (secondary N) is 5. The number of piperidine rings is 1. The van der Waals surface area contributed by atoms with Crippen molar-refractivity contribution < 1.29 is 55.4 Å². The monoisotopic (exact) mass is 975 g/mol. The van der Waals surface area contributed by atoms with Crippen LogP contribution in [0.25, 0.3) is 0 Å². The maximum absolute atomic E-state index is 15.9. The summed E-state index contributed by atoms with van der Waals surface area (Å²) < 4.78 is 67.7. The average molecular weight is 976 g/mol. The zero-order valence-corrected chi connectivity index (χ0v) is 41.6. The molecular formula is C48H71F2N7O10S. The van der Waals surface area contributed by atoms with E-state index < -0.39 is 99.1 Å². The highest BCUT2D eigenvalue weighted by atomic mass is 32.2. The third-order valence-corrected chi connectivity index (χ3v) is 12.7. The Morgan fingerprint density at radius 1 is 0.676 bits per heavy atom. The SMILES string of the molecule is CC(C)C[C@@H](NC(=O)[C@@H](Cc1ccccc1)NC(=O)[C@@H](Cc1ccccc1)NC(=O)OC(C)(C)C)C(=O)N[C@H](CCCCNC(=O)OC(C)(C)C)C(=O)N1CCC2(CN(S(C)(=O)=O)C2)C(F)(F)C1. The smallest absolute Gasteiger partial charge is 0.408 e. The standard InChI is InChI=1S/C48H71F2N7O10S/c1-32(2)26-36(53-40(59)37(27-33-18-12-10-13-19-33)54-41(60)38(28-34-20-14-11-15-21-34)55-44(63)67-46(6,7)8)39(58)52-35(22-16-17-24-51-43(62)66-45(3,4)5)42(61)56-25-23-47(48(49,50)31-56)29-57(30-47)68(9,64)65/h10-15,18-21,32,35-38H,16-17,22-31H2,1-9H3,(H,51,62)(H,52,58)(H,53,59)(H,54,60)(H,55,63)/t35-,36-,37-,38-/m1/s1. The van der Waals surface area contributed by atoms with Crippen LogP contribution >= 0.6 is 0 Å². The predicted octanol–water partition coefficient (Wildman–Crippen LogP) is 4.69. The number of rotatable bonds is 20. The largest absolute Gasteiger partial charge is 0.444 e. The molecule has 2 fully saturated rings. The van der Waals surface area contributed by atoms with Crippen LogP contribution in [-0.4, -0.2) is 134 Å². The molecule has 2 heterocycles. The van der Waals surface area contributed by atoms with Crippen LogP contribution in [0.3, 0.4) is 0 Å². The summed E-state index contributed by atoms with van der Waals surface area (Å²) in [5.41, 5.74) is -1.84. The van der Waals surface area contributed by atoms with Gasteiger partial charge in [-0.3, -0.25) is 19.2 Å². The fourth-order valence-corrected chi connectivity index (χ4v) is 8.97. The third kappa shape index (κ3) is 17.0. The van der Waals surface area contributed by atoms with Crippen LogP contribution in [-0.2, 0) is 51.5 Å². The molecule has 2 aromatic rings. The number of carbonyl (C=O) groups is 6. The molecule has 0 saturated carbocycles. The number of halogens is 2. The first-order valence-electron chi connectivity index (χ1n) is 23.1. The van der Waals surface area contributed by atoms with Gasteiger partial charge in [-0.25, -0.2) is 31.1 Å². The van der Waals surface area contributed by atoms with Crippen LogP contribution in [0.15, 0.2) is 60.7 Å². The number of alkyl carbamates (subject to hydrolysis) is 2.